The summed E-state index contributed by atoms with van der Waals surface area (Å²) in [4.78, 5) is 25.3. The maximum Gasteiger partial charge on any atom is 0.329 e. The molecule has 0 aliphatic heterocycles. The molecular weight excluding hydrogens is 357 g/mol. The first kappa shape index (κ1) is 19.3. The van der Waals surface area contributed by atoms with Crippen molar-refractivity contribution in [3.05, 3.63) is 107 Å². The maximum atomic E-state index is 13.2. The van der Waals surface area contributed by atoms with Crippen LogP contribution in [0.5, 0.6) is 0 Å². The summed E-state index contributed by atoms with van der Waals surface area (Å²) in [6, 6.07) is 23.1. The van der Waals surface area contributed by atoms with E-state index in [0.717, 1.165) is 11.1 Å². The molecule has 5 heteroatoms. The van der Waals surface area contributed by atoms with Crippen molar-refractivity contribution in [1.29, 1.82) is 0 Å². The number of esters is 1. The van der Waals surface area contributed by atoms with Crippen LogP contribution in [-0.4, -0.2) is 25.0 Å². The minimum Gasteiger partial charge on any atom is -0.467 e. The van der Waals surface area contributed by atoms with E-state index in [2.05, 4.69) is 5.32 Å². The van der Waals surface area contributed by atoms with Gasteiger partial charge in [0.25, 0.3) is 5.91 Å². The number of benzene rings is 3. The molecule has 0 aliphatic carbocycles. The number of carbonyl (C=O) groups is 2. The number of methoxy groups -OCH3 is 1. The lowest BCUT2D eigenvalue weighted by Gasteiger charge is -2.27. The van der Waals surface area contributed by atoms with Gasteiger partial charge in [0.1, 0.15) is 11.9 Å². The van der Waals surface area contributed by atoms with E-state index in [1.165, 1.54) is 31.4 Å². The highest BCUT2D eigenvalue weighted by atomic mass is 19.1. The lowest BCUT2D eigenvalue weighted by atomic mass is 9.84. The normalized spacial score (nSPS) is 11.7. The van der Waals surface area contributed by atoms with Crippen molar-refractivity contribution >= 4 is 11.9 Å². The number of hydrogen-bond donors (Lipinski definition) is 1. The van der Waals surface area contributed by atoms with Gasteiger partial charge in [0, 0.05) is 11.5 Å². The summed E-state index contributed by atoms with van der Waals surface area (Å²) >= 11 is 0. The summed E-state index contributed by atoms with van der Waals surface area (Å²) in [5, 5.41) is 2.76. The standard InChI is InChI=1S/C23H20FNO3/c1-28-23(27)21(25-22(26)18-12-14-19(24)15-13-18)20(16-8-4-2-5-9-16)17-10-6-3-7-11-17/h2-15,20-21H,1H3,(H,25,26)/t21-/m1/s1. The first-order valence-corrected chi connectivity index (χ1v) is 8.84. The van der Waals surface area contributed by atoms with Crippen LogP contribution in [0, 0.1) is 5.82 Å². The van der Waals surface area contributed by atoms with Crippen molar-refractivity contribution in [1.82, 2.24) is 5.32 Å². The van der Waals surface area contributed by atoms with E-state index in [-0.39, 0.29) is 5.56 Å². The van der Waals surface area contributed by atoms with Crippen molar-refractivity contribution in [2.45, 2.75) is 12.0 Å². The van der Waals surface area contributed by atoms with E-state index in [0.29, 0.717) is 0 Å². The molecule has 0 heterocycles. The average molecular weight is 377 g/mol. The van der Waals surface area contributed by atoms with Crippen LogP contribution in [0.2, 0.25) is 0 Å². The van der Waals surface area contributed by atoms with Crippen molar-refractivity contribution in [3.8, 4) is 0 Å². The lowest BCUT2D eigenvalue weighted by Crippen LogP contribution is -2.46. The molecule has 3 aromatic carbocycles. The SMILES string of the molecule is COC(=O)[C@H](NC(=O)c1ccc(F)cc1)C(c1ccccc1)c1ccccc1. The number of hydrogen-bond acceptors (Lipinski definition) is 3. The highest BCUT2D eigenvalue weighted by Gasteiger charge is 2.33. The summed E-state index contributed by atoms with van der Waals surface area (Å²) in [7, 11) is 1.28. The van der Waals surface area contributed by atoms with Gasteiger partial charge in [-0.3, -0.25) is 4.79 Å². The van der Waals surface area contributed by atoms with Gasteiger partial charge >= 0.3 is 5.97 Å². The summed E-state index contributed by atoms with van der Waals surface area (Å²) in [6.07, 6.45) is 0. The van der Waals surface area contributed by atoms with E-state index in [4.69, 9.17) is 4.74 Å². The zero-order valence-electron chi connectivity index (χ0n) is 15.3. The van der Waals surface area contributed by atoms with E-state index < -0.39 is 29.7 Å². The highest BCUT2D eigenvalue weighted by molar-refractivity contribution is 5.97. The van der Waals surface area contributed by atoms with E-state index in [1.807, 2.05) is 60.7 Å². The molecule has 28 heavy (non-hydrogen) atoms. The molecule has 4 nitrogen and oxygen atoms in total. The Morgan fingerprint density at radius 2 is 1.32 bits per heavy atom. The Morgan fingerprint density at radius 3 is 1.79 bits per heavy atom. The minimum absolute atomic E-state index is 0.259. The molecule has 0 spiro atoms. The molecule has 0 aliphatic rings. The Hall–Kier alpha value is -3.47. The second kappa shape index (κ2) is 8.95. The molecule has 1 amide bonds. The second-order valence-electron chi connectivity index (χ2n) is 6.28. The second-order valence-corrected chi connectivity index (χ2v) is 6.28. The Labute approximate surface area is 163 Å². The molecule has 142 valence electrons. The molecule has 1 N–H and O–H groups in total. The summed E-state index contributed by atoms with van der Waals surface area (Å²) in [5.41, 5.74) is 1.99. The van der Waals surface area contributed by atoms with Crippen LogP contribution in [0.1, 0.15) is 27.4 Å². The maximum absolute atomic E-state index is 13.2. The van der Waals surface area contributed by atoms with Crippen LogP contribution in [0.4, 0.5) is 4.39 Å². The van der Waals surface area contributed by atoms with Crippen LogP contribution in [0.15, 0.2) is 84.9 Å². The van der Waals surface area contributed by atoms with Crippen molar-refractivity contribution in [2.75, 3.05) is 7.11 Å². The Bertz CT molecular complexity index is 888. The van der Waals surface area contributed by atoms with Crippen molar-refractivity contribution < 1.29 is 18.7 Å². The fourth-order valence-electron chi connectivity index (χ4n) is 3.13. The van der Waals surface area contributed by atoms with Crippen molar-refractivity contribution in [3.63, 3.8) is 0 Å². The predicted octanol–water partition coefficient (Wildman–Crippen LogP) is 3.93. The molecule has 0 radical (unpaired) electrons. The quantitative estimate of drug-likeness (QED) is 0.662. The third-order valence-electron chi connectivity index (χ3n) is 4.50. The van der Waals surface area contributed by atoms with Crippen LogP contribution < -0.4 is 5.32 Å². The van der Waals surface area contributed by atoms with E-state index in [9.17, 15) is 14.0 Å². The molecule has 0 aromatic heterocycles. The molecule has 0 fully saturated rings. The summed E-state index contributed by atoms with van der Waals surface area (Å²) < 4.78 is 18.1. The zero-order valence-corrected chi connectivity index (χ0v) is 15.3. The third-order valence-corrected chi connectivity index (χ3v) is 4.50. The minimum atomic E-state index is -0.952. The topological polar surface area (TPSA) is 55.4 Å². The van der Waals surface area contributed by atoms with Crippen molar-refractivity contribution in [2.24, 2.45) is 0 Å². The molecule has 0 bridgehead atoms. The lowest BCUT2D eigenvalue weighted by molar-refractivity contribution is -0.143. The Kier molecular flexibility index (Phi) is 6.17. The number of halogens is 1. The van der Waals surface area contributed by atoms with E-state index in [1.54, 1.807) is 0 Å². The number of nitrogens with one attached hydrogen (secondary N) is 1. The number of ether oxygens (including phenoxy) is 1. The van der Waals surface area contributed by atoms with Gasteiger partial charge in [-0.2, -0.15) is 0 Å². The first-order valence-electron chi connectivity index (χ1n) is 8.84. The van der Waals surface area contributed by atoms with Gasteiger partial charge in [0.2, 0.25) is 0 Å². The Morgan fingerprint density at radius 1 is 0.821 bits per heavy atom. The molecule has 0 saturated carbocycles. The molecule has 0 unspecified atom stereocenters. The van der Waals surface area contributed by atoms with Gasteiger partial charge in [-0.1, -0.05) is 60.7 Å². The van der Waals surface area contributed by atoms with Crippen LogP contribution in [0.25, 0.3) is 0 Å². The molecular formula is C23H20FNO3. The largest absolute Gasteiger partial charge is 0.467 e. The molecule has 3 rings (SSSR count). The number of carbonyl (C=O) groups excluding carboxylic acids is 2. The Balaban J connectivity index is 2.00. The predicted molar refractivity (Wildman–Crippen MR) is 104 cm³/mol. The summed E-state index contributed by atoms with van der Waals surface area (Å²) in [6.45, 7) is 0. The van der Waals surface area contributed by atoms with Gasteiger partial charge in [-0.25, -0.2) is 9.18 Å². The summed E-state index contributed by atoms with van der Waals surface area (Å²) in [5.74, 6) is -1.92. The fraction of sp³-hybridized carbons (Fsp3) is 0.130. The van der Waals surface area contributed by atoms with Gasteiger partial charge in [-0.15, -0.1) is 0 Å². The number of amides is 1. The van der Waals surface area contributed by atoms with Crippen LogP contribution in [0.3, 0.4) is 0 Å². The molecule has 3 aromatic rings. The van der Waals surface area contributed by atoms with Gasteiger partial charge in [0.15, 0.2) is 0 Å². The highest BCUT2D eigenvalue weighted by Crippen LogP contribution is 2.29. The smallest absolute Gasteiger partial charge is 0.329 e. The zero-order chi connectivity index (χ0) is 19.9. The molecule has 1 atom stereocenters. The van der Waals surface area contributed by atoms with Gasteiger partial charge < -0.3 is 10.1 Å². The number of rotatable bonds is 6. The van der Waals surface area contributed by atoms with Gasteiger partial charge in [-0.05, 0) is 35.4 Å². The first-order chi connectivity index (χ1) is 13.6. The average Bonchev–Trinajstić information content (AvgIpc) is 2.74. The van der Waals surface area contributed by atoms with Crippen LogP contribution >= 0.6 is 0 Å². The molecule has 0 saturated heterocycles. The fourth-order valence-corrected chi connectivity index (χ4v) is 3.13. The van der Waals surface area contributed by atoms with Crippen LogP contribution in [-0.2, 0) is 9.53 Å². The van der Waals surface area contributed by atoms with E-state index >= 15 is 0 Å². The van der Waals surface area contributed by atoms with Gasteiger partial charge in [0.05, 0.1) is 7.11 Å². The monoisotopic (exact) mass is 377 g/mol. The third kappa shape index (κ3) is 4.43.